The number of aryl methyl sites for hydroxylation is 2. The highest BCUT2D eigenvalue weighted by Gasteiger charge is 2.50. The molecule has 0 saturated carbocycles. The average molecular weight is 375 g/mol. The van der Waals surface area contributed by atoms with E-state index in [2.05, 4.69) is 15.4 Å². The van der Waals surface area contributed by atoms with Crippen LogP contribution in [-0.2, 0) is 10.2 Å². The first-order valence-corrected chi connectivity index (χ1v) is 9.52. The monoisotopic (exact) mass is 375 g/mol. The first-order chi connectivity index (χ1) is 13.5. The Morgan fingerprint density at radius 1 is 1.25 bits per heavy atom. The number of nitrogens with one attached hydrogen (secondary N) is 1. The maximum Gasteiger partial charge on any atom is 0.259 e. The summed E-state index contributed by atoms with van der Waals surface area (Å²) < 4.78 is 1.69. The van der Waals surface area contributed by atoms with Crippen LogP contribution in [0.15, 0.2) is 36.5 Å². The Hall–Kier alpha value is -3.22. The standard InChI is InChI=1S/C21H21N5O2/c1-13-10-14(2)26-18(23-13)15(11-22-26)19(27)25-9-5-8-21(12-25)16-6-3-4-7-17(16)24-20(21)28/h3-4,6-7,10-11H,5,8-9,12H2,1-2H3,(H,24,28). The minimum Gasteiger partial charge on any atom is -0.337 e. The van der Waals surface area contributed by atoms with E-state index < -0.39 is 5.41 Å². The predicted octanol–water partition coefficient (Wildman–Crippen LogP) is 2.47. The van der Waals surface area contributed by atoms with Gasteiger partial charge in [-0.1, -0.05) is 18.2 Å². The van der Waals surface area contributed by atoms with E-state index in [4.69, 9.17) is 0 Å². The highest BCUT2D eigenvalue weighted by atomic mass is 16.2. The van der Waals surface area contributed by atoms with Crippen LogP contribution in [0, 0.1) is 13.8 Å². The van der Waals surface area contributed by atoms with Gasteiger partial charge in [-0.2, -0.15) is 5.10 Å². The van der Waals surface area contributed by atoms with Gasteiger partial charge in [0.2, 0.25) is 5.91 Å². The lowest BCUT2D eigenvalue weighted by Crippen LogP contribution is -2.51. The summed E-state index contributed by atoms with van der Waals surface area (Å²) in [7, 11) is 0. The highest BCUT2D eigenvalue weighted by molar-refractivity contribution is 6.07. The number of para-hydroxylation sites is 1. The van der Waals surface area contributed by atoms with Gasteiger partial charge in [0, 0.05) is 30.2 Å². The average Bonchev–Trinajstić information content (AvgIpc) is 3.22. The maximum absolute atomic E-state index is 13.4. The molecule has 1 saturated heterocycles. The summed E-state index contributed by atoms with van der Waals surface area (Å²) in [5.74, 6) is -0.139. The molecule has 28 heavy (non-hydrogen) atoms. The van der Waals surface area contributed by atoms with Crippen molar-refractivity contribution < 1.29 is 9.59 Å². The van der Waals surface area contributed by atoms with E-state index in [1.165, 1.54) is 0 Å². The number of carbonyl (C=O) groups excluding carboxylic acids is 2. The molecule has 1 unspecified atom stereocenters. The maximum atomic E-state index is 13.4. The minimum atomic E-state index is -0.674. The molecule has 0 aliphatic carbocycles. The molecular formula is C21H21N5O2. The van der Waals surface area contributed by atoms with Crippen molar-refractivity contribution >= 4 is 23.1 Å². The fraction of sp³-hybridized carbons (Fsp3) is 0.333. The Bertz CT molecular complexity index is 1140. The van der Waals surface area contributed by atoms with E-state index in [1.807, 2.05) is 44.2 Å². The molecule has 1 spiro atoms. The number of aromatic nitrogens is 3. The number of likely N-dealkylation sites (tertiary alicyclic amines) is 1. The summed E-state index contributed by atoms with van der Waals surface area (Å²) in [5.41, 5.74) is 3.99. The van der Waals surface area contributed by atoms with Crippen LogP contribution in [0.3, 0.4) is 0 Å². The Labute approximate surface area is 162 Å². The molecular weight excluding hydrogens is 354 g/mol. The van der Waals surface area contributed by atoms with Crippen molar-refractivity contribution in [2.45, 2.75) is 32.1 Å². The lowest BCUT2D eigenvalue weighted by molar-refractivity contribution is -0.122. The molecule has 4 heterocycles. The van der Waals surface area contributed by atoms with Gasteiger partial charge in [-0.3, -0.25) is 9.59 Å². The number of piperidine rings is 1. The fourth-order valence-corrected chi connectivity index (χ4v) is 4.60. The van der Waals surface area contributed by atoms with Crippen LogP contribution < -0.4 is 5.32 Å². The number of hydrogen-bond acceptors (Lipinski definition) is 4. The zero-order valence-electron chi connectivity index (χ0n) is 15.9. The van der Waals surface area contributed by atoms with Gasteiger partial charge in [0.25, 0.3) is 5.91 Å². The summed E-state index contributed by atoms with van der Waals surface area (Å²) >= 11 is 0. The molecule has 0 bridgehead atoms. The van der Waals surface area contributed by atoms with Gasteiger partial charge < -0.3 is 10.2 Å². The highest BCUT2D eigenvalue weighted by Crippen LogP contribution is 2.43. The SMILES string of the molecule is Cc1cc(C)n2ncc(C(=O)N3CCCC4(C3)C(=O)Nc3ccccc34)c2n1. The molecule has 142 valence electrons. The summed E-state index contributed by atoms with van der Waals surface area (Å²) in [5, 5.41) is 7.33. The Kier molecular flexibility index (Phi) is 3.56. The topological polar surface area (TPSA) is 79.6 Å². The number of rotatable bonds is 1. The van der Waals surface area contributed by atoms with Gasteiger partial charge in [-0.05, 0) is 44.4 Å². The van der Waals surface area contributed by atoms with E-state index in [0.717, 1.165) is 35.5 Å². The van der Waals surface area contributed by atoms with Crippen LogP contribution in [0.1, 0.15) is 40.2 Å². The van der Waals surface area contributed by atoms with Crippen molar-refractivity contribution in [3.8, 4) is 0 Å². The Balaban J connectivity index is 1.53. The zero-order valence-corrected chi connectivity index (χ0v) is 15.9. The van der Waals surface area contributed by atoms with Crippen LogP contribution >= 0.6 is 0 Å². The van der Waals surface area contributed by atoms with E-state index in [9.17, 15) is 9.59 Å². The van der Waals surface area contributed by atoms with Crippen molar-refractivity contribution in [1.82, 2.24) is 19.5 Å². The molecule has 2 amide bonds. The van der Waals surface area contributed by atoms with Crippen molar-refractivity contribution in [2.24, 2.45) is 0 Å². The van der Waals surface area contributed by atoms with Crippen LogP contribution in [0.5, 0.6) is 0 Å². The Morgan fingerprint density at radius 2 is 2.07 bits per heavy atom. The van der Waals surface area contributed by atoms with Gasteiger partial charge in [0.1, 0.15) is 5.56 Å². The van der Waals surface area contributed by atoms with E-state index >= 15 is 0 Å². The largest absolute Gasteiger partial charge is 0.337 e. The van der Waals surface area contributed by atoms with Gasteiger partial charge in [0.05, 0.1) is 11.6 Å². The Morgan fingerprint density at radius 3 is 2.93 bits per heavy atom. The van der Waals surface area contributed by atoms with Crippen LogP contribution in [-0.4, -0.2) is 44.4 Å². The molecule has 3 aromatic rings. The molecule has 2 aromatic heterocycles. The lowest BCUT2D eigenvalue weighted by Gasteiger charge is -2.39. The first-order valence-electron chi connectivity index (χ1n) is 9.52. The zero-order chi connectivity index (χ0) is 19.5. The molecule has 0 radical (unpaired) electrons. The van der Waals surface area contributed by atoms with Gasteiger partial charge in [-0.15, -0.1) is 0 Å². The second kappa shape index (κ2) is 5.89. The number of fused-ring (bicyclic) bond motifs is 3. The van der Waals surface area contributed by atoms with E-state index in [0.29, 0.717) is 24.3 Å². The minimum absolute atomic E-state index is 0.0177. The lowest BCUT2D eigenvalue weighted by atomic mass is 9.75. The van der Waals surface area contributed by atoms with Crippen molar-refractivity contribution in [1.29, 1.82) is 0 Å². The van der Waals surface area contributed by atoms with E-state index in [1.54, 1.807) is 15.6 Å². The molecule has 5 rings (SSSR count). The molecule has 1 fully saturated rings. The summed E-state index contributed by atoms with van der Waals surface area (Å²) in [4.78, 5) is 32.5. The number of amides is 2. The second-order valence-corrected chi connectivity index (χ2v) is 7.74. The molecule has 1 N–H and O–H groups in total. The normalized spacial score (nSPS) is 21.2. The van der Waals surface area contributed by atoms with Crippen molar-refractivity contribution in [3.05, 3.63) is 59.0 Å². The van der Waals surface area contributed by atoms with Crippen molar-refractivity contribution in [2.75, 3.05) is 18.4 Å². The number of hydrogen-bond donors (Lipinski definition) is 1. The molecule has 1 aromatic carbocycles. The number of anilines is 1. The van der Waals surface area contributed by atoms with Gasteiger partial charge >= 0.3 is 0 Å². The summed E-state index contributed by atoms with van der Waals surface area (Å²) in [6, 6.07) is 9.71. The third-order valence-corrected chi connectivity index (χ3v) is 5.91. The molecule has 7 heteroatoms. The first kappa shape index (κ1) is 16.9. The molecule has 1 atom stereocenters. The quantitative estimate of drug-likeness (QED) is 0.709. The predicted molar refractivity (Wildman–Crippen MR) is 104 cm³/mol. The molecule has 2 aliphatic heterocycles. The molecule has 7 nitrogen and oxygen atoms in total. The summed E-state index contributed by atoms with van der Waals surface area (Å²) in [6.07, 6.45) is 3.10. The summed E-state index contributed by atoms with van der Waals surface area (Å²) in [6.45, 7) is 4.84. The fourth-order valence-electron chi connectivity index (χ4n) is 4.60. The van der Waals surface area contributed by atoms with Gasteiger partial charge in [-0.25, -0.2) is 9.50 Å². The third-order valence-electron chi connectivity index (χ3n) is 5.91. The van der Waals surface area contributed by atoms with Crippen molar-refractivity contribution in [3.63, 3.8) is 0 Å². The number of benzene rings is 1. The number of carbonyl (C=O) groups is 2. The third kappa shape index (κ3) is 2.28. The smallest absolute Gasteiger partial charge is 0.259 e. The van der Waals surface area contributed by atoms with Crippen LogP contribution in [0.4, 0.5) is 5.69 Å². The second-order valence-electron chi connectivity index (χ2n) is 7.74. The van der Waals surface area contributed by atoms with Gasteiger partial charge in [0.15, 0.2) is 5.65 Å². The van der Waals surface area contributed by atoms with Crippen LogP contribution in [0.25, 0.3) is 5.65 Å². The molecule has 2 aliphatic rings. The number of nitrogens with zero attached hydrogens (tertiary/aromatic N) is 4. The van der Waals surface area contributed by atoms with E-state index in [-0.39, 0.29) is 11.8 Å². The van der Waals surface area contributed by atoms with Crippen LogP contribution in [0.2, 0.25) is 0 Å².